The van der Waals surface area contributed by atoms with Crippen LogP contribution in [0.15, 0.2) is 60.8 Å². The van der Waals surface area contributed by atoms with Crippen LogP contribution in [0, 0.1) is 0 Å². The van der Waals surface area contributed by atoms with Gasteiger partial charge in [0.15, 0.2) is 11.8 Å². The second kappa shape index (κ2) is 8.98. The summed E-state index contributed by atoms with van der Waals surface area (Å²) in [7, 11) is 0. The highest BCUT2D eigenvalue weighted by atomic mass is 16.5. The van der Waals surface area contributed by atoms with Crippen LogP contribution in [0.3, 0.4) is 0 Å². The van der Waals surface area contributed by atoms with Gasteiger partial charge in [-0.2, -0.15) is 0 Å². The lowest BCUT2D eigenvalue weighted by molar-refractivity contribution is -0.147. The third kappa shape index (κ3) is 5.39. The summed E-state index contributed by atoms with van der Waals surface area (Å²) in [4.78, 5) is 23.7. The van der Waals surface area contributed by atoms with E-state index in [2.05, 4.69) is 15.6 Å². The van der Waals surface area contributed by atoms with Gasteiger partial charge in [0, 0.05) is 12.5 Å². The summed E-state index contributed by atoms with van der Waals surface area (Å²) in [6.45, 7) is 0. The molecule has 0 fully saturated rings. The number of aliphatic hydroxyl groups is 1. The molecule has 9 nitrogen and oxygen atoms in total. The predicted octanol–water partition coefficient (Wildman–Crippen LogP) is 1.36. The molecule has 3 rings (SSSR count). The molecule has 3 aromatic rings. The standard InChI is InChI=1S/C20H20N4O5/c25-18(20(27)28)11-16(21-19(26)17-12-24(29)23-22-17)10-13-6-8-15(9-7-13)14-4-2-1-3-5-14/h1-9,12,16,18,25,29H,10-11H2,(H,21,26)(H,27,28). The number of rotatable bonds is 8. The van der Waals surface area contributed by atoms with Crippen LogP contribution < -0.4 is 5.32 Å². The van der Waals surface area contributed by atoms with Crippen molar-refractivity contribution < 1.29 is 25.0 Å². The second-order valence-electron chi connectivity index (χ2n) is 6.55. The first kappa shape index (κ1) is 20.0. The molecule has 9 heteroatoms. The van der Waals surface area contributed by atoms with Crippen molar-refractivity contribution in [2.45, 2.75) is 25.0 Å². The van der Waals surface area contributed by atoms with Crippen molar-refractivity contribution in [1.29, 1.82) is 0 Å². The first-order valence-corrected chi connectivity index (χ1v) is 8.90. The van der Waals surface area contributed by atoms with Gasteiger partial charge in [0.05, 0.1) is 6.20 Å². The number of carboxylic acids is 1. The van der Waals surface area contributed by atoms with Gasteiger partial charge in [0.2, 0.25) is 0 Å². The molecule has 2 unspecified atom stereocenters. The molecule has 0 aliphatic heterocycles. The number of hydrogen-bond donors (Lipinski definition) is 4. The Morgan fingerprint density at radius 1 is 1.03 bits per heavy atom. The van der Waals surface area contributed by atoms with E-state index in [-0.39, 0.29) is 12.1 Å². The van der Waals surface area contributed by atoms with Crippen LogP contribution in [0.25, 0.3) is 11.1 Å². The molecule has 0 radical (unpaired) electrons. The Labute approximate surface area is 166 Å². The quantitative estimate of drug-likeness (QED) is 0.422. The molecule has 0 spiro atoms. The molecule has 0 aliphatic rings. The van der Waals surface area contributed by atoms with E-state index in [4.69, 9.17) is 10.3 Å². The molecule has 1 aromatic heterocycles. The molecule has 0 saturated carbocycles. The Morgan fingerprint density at radius 2 is 1.69 bits per heavy atom. The van der Waals surface area contributed by atoms with Crippen molar-refractivity contribution in [3.8, 4) is 11.1 Å². The third-order valence-electron chi connectivity index (χ3n) is 4.39. The summed E-state index contributed by atoms with van der Waals surface area (Å²) in [5, 5.41) is 37.3. The van der Waals surface area contributed by atoms with E-state index >= 15 is 0 Å². The van der Waals surface area contributed by atoms with Crippen LogP contribution in [-0.4, -0.2) is 54.6 Å². The maximum absolute atomic E-state index is 12.3. The first-order valence-electron chi connectivity index (χ1n) is 8.90. The summed E-state index contributed by atoms with van der Waals surface area (Å²) in [5.74, 6) is -2.00. The zero-order valence-electron chi connectivity index (χ0n) is 15.3. The monoisotopic (exact) mass is 396 g/mol. The largest absolute Gasteiger partial charge is 0.479 e. The number of carbonyl (C=O) groups excluding carboxylic acids is 1. The van der Waals surface area contributed by atoms with Crippen molar-refractivity contribution in [1.82, 2.24) is 20.5 Å². The molecule has 29 heavy (non-hydrogen) atoms. The van der Waals surface area contributed by atoms with Gasteiger partial charge in [-0.15, -0.1) is 5.10 Å². The number of nitrogens with zero attached hydrogens (tertiary/aromatic N) is 3. The van der Waals surface area contributed by atoms with Crippen LogP contribution in [0.1, 0.15) is 22.5 Å². The number of benzene rings is 2. The number of aliphatic carboxylic acids is 1. The third-order valence-corrected chi connectivity index (χ3v) is 4.39. The number of hydrogen-bond acceptors (Lipinski definition) is 6. The Kier molecular flexibility index (Phi) is 6.20. The molecule has 0 bridgehead atoms. The minimum absolute atomic E-state index is 0.123. The van der Waals surface area contributed by atoms with Gasteiger partial charge in [-0.3, -0.25) is 4.79 Å². The van der Waals surface area contributed by atoms with Gasteiger partial charge in [-0.1, -0.05) is 59.4 Å². The zero-order chi connectivity index (χ0) is 20.8. The summed E-state index contributed by atoms with van der Waals surface area (Å²) in [6, 6.07) is 16.8. The van der Waals surface area contributed by atoms with Crippen molar-refractivity contribution >= 4 is 11.9 Å². The number of aromatic nitrogens is 3. The fourth-order valence-electron chi connectivity index (χ4n) is 2.93. The average Bonchev–Trinajstić information content (AvgIpc) is 3.15. The number of aliphatic hydroxyl groups excluding tert-OH is 1. The molecular weight excluding hydrogens is 376 g/mol. The van der Waals surface area contributed by atoms with Crippen LogP contribution in [-0.2, 0) is 11.2 Å². The zero-order valence-corrected chi connectivity index (χ0v) is 15.3. The molecule has 150 valence electrons. The molecule has 1 heterocycles. The topological polar surface area (TPSA) is 138 Å². The summed E-state index contributed by atoms with van der Waals surface area (Å²) in [6.07, 6.45) is -0.487. The van der Waals surface area contributed by atoms with Gasteiger partial charge in [-0.25, -0.2) is 4.79 Å². The number of carboxylic acid groups (broad SMARTS) is 1. The molecule has 1 amide bonds. The van der Waals surface area contributed by atoms with E-state index in [0.717, 1.165) is 22.9 Å². The van der Waals surface area contributed by atoms with Gasteiger partial charge in [0.25, 0.3) is 5.91 Å². The first-order chi connectivity index (χ1) is 13.9. The minimum atomic E-state index is -1.63. The lowest BCUT2D eigenvalue weighted by atomic mass is 9.97. The van der Waals surface area contributed by atoms with Crippen molar-refractivity contribution in [3.63, 3.8) is 0 Å². The fraction of sp³-hybridized carbons (Fsp3) is 0.200. The highest BCUT2D eigenvalue weighted by Gasteiger charge is 2.23. The Hall–Kier alpha value is -3.72. The average molecular weight is 396 g/mol. The Balaban J connectivity index is 1.73. The molecular formula is C20H20N4O5. The fourth-order valence-corrected chi connectivity index (χ4v) is 2.93. The molecule has 4 N–H and O–H groups in total. The van der Waals surface area contributed by atoms with Crippen LogP contribution >= 0.6 is 0 Å². The summed E-state index contributed by atoms with van der Waals surface area (Å²) >= 11 is 0. The van der Waals surface area contributed by atoms with Gasteiger partial charge in [0.1, 0.15) is 0 Å². The van der Waals surface area contributed by atoms with E-state index < -0.39 is 24.0 Å². The molecule has 0 saturated heterocycles. The minimum Gasteiger partial charge on any atom is -0.479 e. The lowest BCUT2D eigenvalue weighted by Gasteiger charge is -2.20. The SMILES string of the molecule is O=C(NC(Cc1ccc(-c2ccccc2)cc1)CC(O)C(=O)O)c1cn(O)nn1. The van der Waals surface area contributed by atoms with Gasteiger partial charge < -0.3 is 20.7 Å². The van der Waals surface area contributed by atoms with Crippen LogP contribution in [0.4, 0.5) is 0 Å². The Morgan fingerprint density at radius 3 is 2.28 bits per heavy atom. The van der Waals surface area contributed by atoms with Gasteiger partial charge >= 0.3 is 5.97 Å². The number of amides is 1. The van der Waals surface area contributed by atoms with E-state index in [1.807, 2.05) is 54.6 Å². The predicted molar refractivity (Wildman–Crippen MR) is 102 cm³/mol. The molecule has 2 atom stereocenters. The van der Waals surface area contributed by atoms with E-state index in [1.165, 1.54) is 0 Å². The van der Waals surface area contributed by atoms with Crippen molar-refractivity contribution in [3.05, 3.63) is 72.1 Å². The highest BCUT2D eigenvalue weighted by Crippen LogP contribution is 2.20. The highest BCUT2D eigenvalue weighted by molar-refractivity contribution is 5.92. The van der Waals surface area contributed by atoms with Crippen LogP contribution in [0.2, 0.25) is 0 Å². The smallest absolute Gasteiger partial charge is 0.332 e. The van der Waals surface area contributed by atoms with Crippen molar-refractivity contribution in [2.24, 2.45) is 0 Å². The molecule has 0 aliphatic carbocycles. The Bertz CT molecular complexity index is 972. The number of nitrogens with one attached hydrogen (secondary N) is 1. The van der Waals surface area contributed by atoms with E-state index in [1.54, 1.807) is 0 Å². The van der Waals surface area contributed by atoms with E-state index in [9.17, 15) is 14.7 Å². The summed E-state index contributed by atoms with van der Waals surface area (Å²) in [5.41, 5.74) is 2.83. The van der Waals surface area contributed by atoms with E-state index in [0.29, 0.717) is 11.3 Å². The normalized spacial score (nSPS) is 12.9. The second-order valence-corrected chi connectivity index (χ2v) is 6.55. The molecule has 2 aromatic carbocycles. The lowest BCUT2D eigenvalue weighted by Crippen LogP contribution is -2.40. The number of carbonyl (C=O) groups is 2. The van der Waals surface area contributed by atoms with Crippen molar-refractivity contribution in [2.75, 3.05) is 0 Å². The maximum Gasteiger partial charge on any atom is 0.332 e. The maximum atomic E-state index is 12.3. The van der Waals surface area contributed by atoms with Gasteiger partial charge in [-0.05, 0) is 28.3 Å². The van der Waals surface area contributed by atoms with Crippen LogP contribution in [0.5, 0.6) is 0 Å². The summed E-state index contributed by atoms with van der Waals surface area (Å²) < 4.78 is 0.